The lowest BCUT2D eigenvalue weighted by atomic mass is 10.1. The molecule has 1 N–H and O–H groups in total. The van der Waals surface area contributed by atoms with Crippen LogP contribution < -0.4 is 5.32 Å². The van der Waals surface area contributed by atoms with E-state index >= 15 is 0 Å². The number of benzene rings is 3. The lowest BCUT2D eigenvalue weighted by Crippen LogP contribution is -2.04. The van der Waals surface area contributed by atoms with Crippen LogP contribution in [0.5, 0.6) is 0 Å². The highest BCUT2D eigenvalue weighted by Gasteiger charge is 2.18. The Morgan fingerprint density at radius 1 is 0.960 bits per heavy atom. The van der Waals surface area contributed by atoms with Gasteiger partial charge in [0, 0.05) is 11.9 Å². The molecule has 25 heavy (non-hydrogen) atoms. The van der Waals surface area contributed by atoms with Crippen molar-refractivity contribution in [1.82, 2.24) is 4.98 Å². The van der Waals surface area contributed by atoms with Crippen molar-refractivity contribution in [3.63, 3.8) is 0 Å². The van der Waals surface area contributed by atoms with Crippen molar-refractivity contribution in [2.45, 2.75) is 6.54 Å². The third kappa shape index (κ3) is 2.87. The number of nitrogens with one attached hydrogen (secondary N) is 1. The van der Waals surface area contributed by atoms with Crippen LogP contribution in [0, 0.1) is 10.1 Å². The molecular weight excluding hydrogens is 314 g/mol. The van der Waals surface area contributed by atoms with E-state index in [1.807, 2.05) is 66.7 Å². The molecule has 4 rings (SSSR count). The summed E-state index contributed by atoms with van der Waals surface area (Å²) < 4.78 is 0. The first kappa shape index (κ1) is 15.1. The molecule has 0 spiro atoms. The number of pyridine rings is 1. The minimum Gasteiger partial charge on any atom is -0.375 e. The monoisotopic (exact) mass is 329 g/mol. The summed E-state index contributed by atoms with van der Waals surface area (Å²) in [5.41, 5.74) is 2.28. The third-order valence-corrected chi connectivity index (χ3v) is 4.22. The Kier molecular flexibility index (Phi) is 3.74. The molecular formula is C20H15N3O2. The van der Waals surface area contributed by atoms with E-state index in [1.54, 1.807) is 0 Å². The highest BCUT2D eigenvalue weighted by Crippen LogP contribution is 2.34. The fourth-order valence-corrected chi connectivity index (χ4v) is 2.98. The van der Waals surface area contributed by atoms with E-state index in [0.717, 1.165) is 27.2 Å². The van der Waals surface area contributed by atoms with Crippen molar-refractivity contribution in [2.24, 2.45) is 0 Å². The van der Waals surface area contributed by atoms with Gasteiger partial charge >= 0.3 is 5.69 Å². The molecule has 1 heterocycles. The normalized spacial score (nSPS) is 10.9. The number of fused-ring (bicyclic) bond motifs is 2. The lowest BCUT2D eigenvalue weighted by molar-refractivity contribution is -0.384. The van der Waals surface area contributed by atoms with E-state index in [-0.39, 0.29) is 5.69 Å². The maximum atomic E-state index is 11.5. The molecule has 0 radical (unpaired) electrons. The molecule has 0 saturated heterocycles. The SMILES string of the molecule is O=[N+]([O-])c1cnc2cc3ccccc3cc2c1NCc1ccccc1. The molecule has 0 saturated carbocycles. The van der Waals surface area contributed by atoms with Crippen LogP contribution in [-0.4, -0.2) is 9.91 Å². The second-order valence-electron chi connectivity index (χ2n) is 5.83. The first-order chi connectivity index (χ1) is 12.2. The number of hydrogen-bond acceptors (Lipinski definition) is 4. The molecule has 0 bridgehead atoms. The zero-order chi connectivity index (χ0) is 17.2. The van der Waals surface area contributed by atoms with Gasteiger partial charge in [-0.05, 0) is 28.5 Å². The summed E-state index contributed by atoms with van der Waals surface area (Å²) in [4.78, 5) is 15.4. The Morgan fingerprint density at radius 3 is 2.36 bits per heavy atom. The second-order valence-corrected chi connectivity index (χ2v) is 5.83. The average molecular weight is 329 g/mol. The molecule has 0 unspecified atom stereocenters. The van der Waals surface area contributed by atoms with Crippen molar-refractivity contribution in [3.05, 3.63) is 88.6 Å². The third-order valence-electron chi connectivity index (χ3n) is 4.22. The van der Waals surface area contributed by atoms with Gasteiger partial charge in [0.05, 0.1) is 10.4 Å². The maximum absolute atomic E-state index is 11.5. The fraction of sp³-hybridized carbons (Fsp3) is 0.0500. The van der Waals surface area contributed by atoms with Gasteiger partial charge in [0.25, 0.3) is 0 Å². The Morgan fingerprint density at radius 2 is 1.64 bits per heavy atom. The number of anilines is 1. The van der Waals surface area contributed by atoms with Crippen molar-refractivity contribution >= 4 is 33.1 Å². The van der Waals surface area contributed by atoms with Gasteiger partial charge in [0.1, 0.15) is 11.9 Å². The first-order valence-corrected chi connectivity index (χ1v) is 7.96. The maximum Gasteiger partial charge on any atom is 0.311 e. The molecule has 3 aromatic carbocycles. The van der Waals surface area contributed by atoms with Crippen LogP contribution in [-0.2, 0) is 6.54 Å². The van der Waals surface area contributed by atoms with E-state index < -0.39 is 4.92 Å². The van der Waals surface area contributed by atoms with Crippen LogP contribution in [0.25, 0.3) is 21.7 Å². The number of hydrogen-bond donors (Lipinski definition) is 1. The summed E-state index contributed by atoms with van der Waals surface area (Å²) in [5, 5.41) is 17.5. The quantitative estimate of drug-likeness (QED) is 0.328. The molecule has 0 aliphatic rings. The first-order valence-electron chi connectivity index (χ1n) is 7.96. The highest BCUT2D eigenvalue weighted by molar-refractivity contribution is 6.04. The topological polar surface area (TPSA) is 68.1 Å². The van der Waals surface area contributed by atoms with E-state index in [9.17, 15) is 10.1 Å². The standard InChI is InChI=1S/C20H15N3O2/c24-23(25)19-13-21-18-11-16-9-5-4-8-15(16)10-17(18)20(19)22-12-14-6-2-1-3-7-14/h1-11,13H,12H2,(H,21,22). The fourth-order valence-electron chi connectivity index (χ4n) is 2.98. The minimum atomic E-state index is -0.394. The Hall–Kier alpha value is -3.47. The summed E-state index contributed by atoms with van der Waals surface area (Å²) in [5.74, 6) is 0. The predicted octanol–water partition coefficient (Wildman–Crippen LogP) is 4.91. The van der Waals surface area contributed by atoms with Gasteiger partial charge in [-0.1, -0.05) is 54.6 Å². The van der Waals surface area contributed by atoms with Crippen molar-refractivity contribution in [3.8, 4) is 0 Å². The van der Waals surface area contributed by atoms with Gasteiger partial charge in [-0.25, -0.2) is 4.98 Å². The smallest absolute Gasteiger partial charge is 0.311 e. The van der Waals surface area contributed by atoms with Crippen molar-refractivity contribution < 1.29 is 4.92 Å². The van der Waals surface area contributed by atoms with Crippen LogP contribution in [0.3, 0.4) is 0 Å². The zero-order valence-corrected chi connectivity index (χ0v) is 13.3. The van der Waals surface area contributed by atoms with Gasteiger partial charge in [-0.3, -0.25) is 10.1 Å². The molecule has 0 aliphatic heterocycles. The van der Waals surface area contributed by atoms with E-state index in [2.05, 4.69) is 10.3 Å². The largest absolute Gasteiger partial charge is 0.375 e. The Bertz CT molecular complexity index is 1080. The summed E-state index contributed by atoms with van der Waals surface area (Å²) in [6.45, 7) is 0.508. The van der Waals surface area contributed by atoms with E-state index in [4.69, 9.17) is 0 Å². The summed E-state index contributed by atoms with van der Waals surface area (Å²) in [7, 11) is 0. The van der Waals surface area contributed by atoms with E-state index in [0.29, 0.717) is 12.2 Å². The van der Waals surface area contributed by atoms with Gasteiger partial charge in [-0.2, -0.15) is 0 Å². The van der Waals surface area contributed by atoms with Crippen LogP contribution >= 0.6 is 0 Å². The predicted molar refractivity (Wildman–Crippen MR) is 99.7 cm³/mol. The van der Waals surface area contributed by atoms with Gasteiger partial charge in [-0.15, -0.1) is 0 Å². The van der Waals surface area contributed by atoms with Crippen LogP contribution in [0.4, 0.5) is 11.4 Å². The van der Waals surface area contributed by atoms with Gasteiger partial charge in [0.15, 0.2) is 0 Å². The molecule has 0 atom stereocenters. The number of aromatic nitrogens is 1. The minimum absolute atomic E-state index is 0.0151. The van der Waals surface area contributed by atoms with Crippen LogP contribution in [0.2, 0.25) is 0 Å². The Labute approximate surface area is 144 Å². The molecule has 0 amide bonds. The summed E-state index contributed by atoms with van der Waals surface area (Å²) in [6, 6.07) is 21.6. The Balaban J connectivity index is 1.87. The number of nitro groups is 1. The molecule has 1 aromatic heterocycles. The molecule has 122 valence electrons. The highest BCUT2D eigenvalue weighted by atomic mass is 16.6. The van der Waals surface area contributed by atoms with Gasteiger partial charge in [0.2, 0.25) is 0 Å². The molecule has 5 heteroatoms. The summed E-state index contributed by atoms with van der Waals surface area (Å²) >= 11 is 0. The molecule has 5 nitrogen and oxygen atoms in total. The summed E-state index contributed by atoms with van der Waals surface area (Å²) in [6.07, 6.45) is 1.32. The second kappa shape index (κ2) is 6.20. The van der Waals surface area contributed by atoms with Gasteiger partial charge < -0.3 is 5.32 Å². The van der Waals surface area contributed by atoms with Crippen LogP contribution in [0.15, 0.2) is 72.9 Å². The average Bonchev–Trinajstić information content (AvgIpc) is 2.65. The molecule has 4 aromatic rings. The number of rotatable bonds is 4. The lowest BCUT2D eigenvalue weighted by Gasteiger charge is -2.11. The molecule has 0 fully saturated rings. The van der Waals surface area contributed by atoms with Crippen molar-refractivity contribution in [1.29, 1.82) is 0 Å². The zero-order valence-electron chi connectivity index (χ0n) is 13.3. The molecule has 0 aliphatic carbocycles. The van der Waals surface area contributed by atoms with E-state index in [1.165, 1.54) is 6.20 Å². The number of nitrogens with zero attached hydrogens (tertiary/aromatic N) is 2. The van der Waals surface area contributed by atoms with Crippen molar-refractivity contribution in [2.75, 3.05) is 5.32 Å². The van der Waals surface area contributed by atoms with Crippen LogP contribution in [0.1, 0.15) is 5.56 Å².